The van der Waals surface area contributed by atoms with Crippen molar-refractivity contribution < 1.29 is 4.74 Å². The molecule has 19 heavy (non-hydrogen) atoms. The number of ether oxygens (including phenoxy) is 1. The Kier molecular flexibility index (Phi) is 5.53. The Labute approximate surface area is 121 Å². The van der Waals surface area contributed by atoms with Crippen LogP contribution >= 0.6 is 11.6 Å². The molecule has 2 nitrogen and oxygen atoms in total. The molecular formula is C16H24ClNO. The maximum atomic E-state index is 6.14. The molecule has 0 unspecified atom stereocenters. The van der Waals surface area contributed by atoms with Crippen molar-refractivity contribution in [2.75, 3.05) is 7.11 Å². The zero-order chi connectivity index (χ0) is 13.7. The average Bonchev–Trinajstić information content (AvgIpc) is 2.46. The summed E-state index contributed by atoms with van der Waals surface area (Å²) in [6.45, 7) is 3.20. The zero-order valence-electron chi connectivity index (χ0n) is 11.9. The van der Waals surface area contributed by atoms with Crippen molar-refractivity contribution in [2.45, 2.75) is 51.6 Å². The topological polar surface area (TPSA) is 21.3 Å². The fourth-order valence-corrected chi connectivity index (χ4v) is 3.14. The minimum absolute atomic E-state index is 0.670. The van der Waals surface area contributed by atoms with Crippen LogP contribution in [-0.4, -0.2) is 13.2 Å². The number of hydrogen-bond acceptors (Lipinski definition) is 2. The van der Waals surface area contributed by atoms with Gasteiger partial charge in [0, 0.05) is 12.6 Å². The lowest BCUT2D eigenvalue weighted by atomic mass is 9.84. The Morgan fingerprint density at radius 1 is 1.26 bits per heavy atom. The van der Waals surface area contributed by atoms with Gasteiger partial charge in [0.15, 0.2) is 0 Å². The van der Waals surface area contributed by atoms with Crippen molar-refractivity contribution in [2.24, 2.45) is 5.92 Å². The van der Waals surface area contributed by atoms with Gasteiger partial charge in [-0.3, -0.25) is 0 Å². The van der Waals surface area contributed by atoms with E-state index < -0.39 is 0 Å². The zero-order valence-corrected chi connectivity index (χ0v) is 12.7. The number of rotatable bonds is 5. The van der Waals surface area contributed by atoms with E-state index in [-0.39, 0.29) is 0 Å². The lowest BCUT2D eigenvalue weighted by Crippen LogP contribution is -2.32. The highest BCUT2D eigenvalue weighted by Gasteiger charge is 2.19. The fourth-order valence-electron chi connectivity index (χ4n) is 2.86. The lowest BCUT2D eigenvalue weighted by molar-refractivity contribution is 0.285. The highest BCUT2D eigenvalue weighted by molar-refractivity contribution is 6.32. The Morgan fingerprint density at radius 2 is 2.00 bits per heavy atom. The highest BCUT2D eigenvalue weighted by atomic mass is 35.5. The predicted molar refractivity (Wildman–Crippen MR) is 80.9 cm³/mol. The Balaban J connectivity index is 1.81. The second-order valence-electron chi connectivity index (χ2n) is 5.48. The molecule has 1 fully saturated rings. The molecule has 3 heteroatoms. The molecule has 1 aliphatic carbocycles. The van der Waals surface area contributed by atoms with E-state index in [4.69, 9.17) is 16.3 Å². The number of hydrogen-bond donors (Lipinski definition) is 1. The molecular weight excluding hydrogens is 258 g/mol. The van der Waals surface area contributed by atoms with Crippen molar-refractivity contribution in [1.82, 2.24) is 5.32 Å². The van der Waals surface area contributed by atoms with Gasteiger partial charge in [-0.25, -0.2) is 0 Å². The molecule has 0 bridgehead atoms. The molecule has 0 spiro atoms. The van der Waals surface area contributed by atoms with Gasteiger partial charge in [0.1, 0.15) is 5.75 Å². The Hall–Kier alpha value is -0.730. The van der Waals surface area contributed by atoms with E-state index in [0.29, 0.717) is 11.1 Å². The molecule has 0 atom stereocenters. The molecule has 106 valence electrons. The van der Waals surface area contributed by atoms with Gasteiger partial charge in [-0.1, -0.05) is 31.0 Å². The van der Waals surface area contributed by atoms with Gasteiger partial charge in [0.05, 0.1) is 12.1 Å². The molecule has 1 aliphatic rings. The van der Waals surface area contributed by atoms with E-state index in [1.165, 1.54) is 37.7 Å². The Bertz CT molecular complexity index is 400. The van der Waals surface area contributed by atoms with E-state index in [0.717, 1.165) is 18.2 Å². The van der Waals surface area contributed by atoms with E-state index in [2.05, 4.69) is 18.3 Å². The second-order valence-corrected chi connectivity index (χ2v) is 5.88. The quantitative estimate of drug-likeness (QED) is 0.863. The summed E-state index contributed by atoms with van der Waals surface area (Å²) in [5.74, 6) is 1.70. The maximum absolute atomic E-state index is 6.14. The first-order valence-electron chi connectivity index (χ1n) is 7.28. The van der Waals surface area contributed by atoms with Crippen LogP contribution in [0.5, 0.6) is 5.75 Å². The van der Waals surface area contributed by atoms with E-state index >= 15 is 0 Å². The first kappa shape index (κ1) is 14.7. The van der Waals surface area contributed by atoms with Crippen LogP contribution in [0, 0.1) is 5.92 Å². The van der Waals surface area contributed by atoms with Gasteiger partial charge < -0.3 is 10.1 Å². The van der Waals surface area contributed by atoms with Crippen molar-refractivity contribution in [1.29, 1.82) is 0 Å². The minimum Gasteiger partial charge on any atom is -0.495 e. The first-order chi connectivity index (χ1) is 9.22. The summed E-state index contributed by atoms with van der Waals surface area (Å²) in [4.78, 5) is 0. The molecule has 0 radical (unpaired) electrons. The molecule has 1 aromatic carbocycles. The van der Waals surface area contributed by atoms with Crippen molar-refractivity contribution >= 4 is 11.6 Å². The normalized spacial score (nSPS) is 23.3. The van der Waals surface area contributed by atoms with E-state index in [1.807, 2.05) is 12.1 Å². The predicted octanol–water partition coefficient (Wildman–Crippen LogP) is 4.41. The van der Waals surface area contributed by atoms with Crippen LogP contribution in [0.2, 0.25) is 5.02 Å². The number of methoxy groups -OCH3 is 1. The Morgan fingerprint density at radius 3 is 2.58 bits per heavy atom. The monoisotopic (exact) mass is 281 g/mol. The smallest absolute Gasteiger partial charge is 0.137 e. The third-order valence-electron chi connectivity index (χ3n) is 4.24. The van der Waals surface area contributed by atoms with E-state index in [9.17, 15) is 0 Å². The summed E-state index contributed by atoms with van der Waals surface area (Å²) in [5.41, 5.74) is 1.23. The third kappa shape index (κ3) is 4.12. The molecule has 1 saturated carbocycles. The summed E-state index contributed by atoms with van der Waals surface area (Å²) in [6, 6.07) is 6.68. The van der Waals surface area contributed by atoms with Crippen LogP contribution in [0.4, 0.5) is 0 Å². The van der Waals surface area contributed by atoms with Gasteiger partial charge >= 0.3 is 0 Å². The minimum atomic E-state index is 0.670. The van der Waals surface area contributed by atoms with Crippen LogP contribution < -0.4 is 10.1 Å². The SMILES string of the molecule is CCC1CCC(NCc2ccc(OC)c(Cl)c2)CC1. The standard InChI is InChI=1S/C16H24ClNO/c1-3-12-4-7-14(8-5-12)18-11-13-6-9-16(19-2)15(17)10-13/h6,9-10,12,14,18H,3-5,7-8,11H2,1-2H3. The third-order valence-corrected chi connectivity index (χ3v) is 4.53. The summed E-state index contributed by atoms with van der Waals surface area (Å²) in [6.07, 6.45) is 6.70. The lowest BCUT2D eigenvalue weighted by Gasteiger charge is -2.28. The number of nitrogens with one attached hydrogen (secondary N) is 1. The van der Waals surface area contributed by atoms with Gasteiger partial charge in [-0.2, -0.15) is 0 Å². The van der Waals surface area contributed by atoms with Crippen LogP contribution in [0.25, 0.3) is 0 Å². The van der Waals surface area contributed by atoms with Gasteiger partial charge in [-0.15, -0.1) is 0 Å². The van der Waals surface area contributed by atoms with Gasteiger partial charge in [0.25, 0.3) is 0 Å². The largest absolute Gasteiger partial charge is 0.495 e. The molecule has 0 saturated heterocycles. The maximum Gasteiger partial charge on any atom is 0.137 e. The molecule has 1 N–H and O–H groups in total. The van der Waals surface area contributed by atoms with Gasteiger partial charge in [-0.05, 0) is 49.3 Å². The molecule has 2 rings (SSSR count). The summed E-state index contributed by atoms with van der Waals surface area (Å²) in [7, 11) is 1.64. The average molecular weight is 282 g/mol. The number of benzene rings is 1. The van der Waals surface area contributed by atoms with Crippen LogP contribution in [0.15, 0.2) is 18.2 Å². The van der Waals surface area contributed by atoms with Crippen molar-refractivity contribution in [3.8, 4) is 5.75 Å². The summed E-state index contributed by atoms with van der Waals surface area (Å²) >= 11 is 6.14. The number of halogens is 1. The second kappa shape index (κ2) is 7.16. The van der Waals surface area contributed by atoms with E-state index in [1.54, 1.807) is 7.11 Å². The highest BCUT2D eigenvalue weighted by Crippen LogP contribution is 2.27. The van der Waals surface area contributed by atoms with Gasteiger partial charge in [0.2, 0.25) is 0 Å². The first-order valence-corrected chi connectivity index (χ1v) is 7.66. The summed E-state index contributed by atoms with van der Waals surface area (Å²) < 4.78 is 5.17. The van der Waals surface area contributed by atoms with Crippen LogP contribution in [0.3, 0.4) is 0 Å². The molecule has 0 aliphatic heterocycles. The molecule has 0 amide bonds. The van der Waals surface area contributed by atoms with Crippen molar-refractivity contribution in [3.05, 3.63) is 28.8 Å². The molecule has 1 aromatic rings. The molecule has 0 heterocycles. The van der Waals surface area contributed by atoms with Crippen LogP contribution in [0.1, 0.15) is 44.6 Å². The van der Waals surface area contributed by atoms with Crippen molar-refractivity contribution in [3.63, 3.8) is 0 Å². The molecule has 0 aromatic heterocycles. The summed E-state index contributed by atoms with van der Waals surface area (Å²) in [5, 5.41) is 4.34. The fraction of sp³-hybridized carbons (Fsp3) is 0.625. The van der Waals surface area contributed by atoms with Crippen LogP contribution in [-0.2, 0) is 6.54 Å².